The Morgan fingerprint density at radius 1 is 1.12 bits per heavy atom. The van der Waals surface area contributed by atoms with Crippen LogP contribution in [0.1, 0.15) is 30.4 Å². The maximum Gasteiger partial charge on any atom is 0.222 e. The van der Waals surface area contributed by atoms with E-state index >= 15 is 0 Å². The fourth-order valence-corrected chi connectivity index (χ4v) is 3.23. The van der Waals surface area contributed by atoms with Crippen LogP contribution in [-0.2, 0) is 13.0 Å². The minimum absolute atomic E-state index is 0.188. The average Bonchev–Trinajstić information content (AvgIpc) is 3.07. The molecule has 128 valence electrons. The number of rotatable bonds is 4. The van der Waals surface area contributed by atoms with E-state index in [2.05, 4.69) is 35.0 Å². The van der Waals surface area contributed by atoms with E-state index in [0.717, 1.165) is 55.0 Å². The molecule has 2 aromatic carbocycles. The molecule has 0 radical (unpaired) electrons. The van der Waals surface area contributed by atoms with Crippen molar-refractivity contribution in [1.29, 1.82) is 0 Å². The van der Waals surface area contributed by atoms with Crippen LogP contribution in [0.2, 0.25) is 0 Å². The molecule has 1 aliphatic heterocycles. The van der Waals surface area contributed by atoms with Crippen LogP contribution in [0.15, 0.2) is 53.0 Å². The van der Waals surface area contributed by atoms with Crippen LogP contribution >= 0.6 is 0 Å². The molecule has 0 unspecified atom stereocenters. The van der Waals surface area contributed by atoms with E-state index in [1.165, 1.54) is 23.3 Å². The molecular weight excluding hydrogens is 315 g/mol. The zero-order valence-electron chi connectivity index (χ0n) is 14.3. The quantitative estimate of drug-likeness (QED) is 0.684. The van der Waals surface area contributed by atoms with Crippen molar-refractivity contribution in [3.8, 4) is 0 Å². The van der Waals surface area contributed by atoms with Crippen molar-refractivity contribution in [2.24, 2.45) is 0 Å². The van der Waals surface area contributed by atoms with Crippen molar-refractivity contribution < 1.29 is 8.81 Å². The van der Waals surface area contributed by atoms with Crippen LogP contribution in [0.5, 0.6) is 0 Å². The SMILES string of the molecule is CCc1ccc2oc(C3=CCN(Cc4ccc(F)cc4)CC3)nc2c1. The topological polar surface area (TPSA) is 29.3 Å². The van der Waals surface area contributed by atoms with Gasteiger partial charge in [-0.05, 0) is 48.2 Å². The van der Waals surface area contributed by atoms with E-state index in [0.29, 0.717) is 0 Å². The summed E-state index contributed by atoms with van der Waals surface area (Å²) in [6.45, 7) is 4.77. The molecule has 0 fully saturated rings. The first-order valence-corrected chi connectivity index (χ1v) is 8.77. The summed E-state index contributed by atoms with van der Waals surface area (Å²) in [5.41, 5.74) is 5.36. The normalized spacial score (nSPS) is 15.5. The van der Waals surface area contributed by atoms with Gasteiger partial charge in [0.05, 0.1) is 0 Å². The molecule has 0 bridgehead atoms. The van der Waals surface area contributed by atoms with E-state index in [1.54, 1.807) is 0 Å². The fourth-order valence-electron chi connectivity index (χ4n) is 3.23. The van der Waals surface area contributed by atoms with E-state index in [-0.39, 0.29) is 5.82 Å². The molecule has 0 N–H and O–H groups in total. The minimum atomic E-state index is -0.188. The second-order valence-corrected chi connectivity index (χ2v) is 6.52. The highest BCUT2D eigenvalue weighted by Crippen LogP contribution is 2.26. The Bertz CT molecular complexity index is 911. The van der Waals surface area contributed by atoms with Crippen molar-refractivity contribution in [1.82, 2.24) is 9.88 Å². The highest BCUT2D eigenvalue weighted by atomic mass is 19.1. The van der Waals surface area contributed by atoms with Crippen LogP contribution in [-0.4, -0.2) is 23.0 Å². The first-order valence-electron chi connectivity index (χ1n) is 8.77. The number of hydrogen-bond acceptors (Lipinski definition) is 3. The predicted octanol–water partition coefficient (Wildman–Crippen LogP) is 4.82. The molecule has 2 heterocycles. The van der Waals surface area contributed by atoms with Crippen molar-refractivity contribution in [2.45, 2.75) is 26.3 Å². The Kier molecular flexibility index (Phi) is 4.36. The van der Waals surface area contributed by atoms with Gasteiger partial charge in [0.1, 0.15) is 11.3 Å². The first-order chi connectivity index (χ1) is 12.2. The third-order valence-corrected chi connectivity index (χ3v) is 4.75. The number of aromatic nitrogens is 1. The number of benzene rings is 2. The maximum absolute atomic E-state index is 13.0. The number of oxazole rings is 1. The number of halogens is 1. The monoisotopic (exact) mass is 336 g/mol. The number of hydrogen-bond donors (Lipinski definition) is 0. The molecule has 1 aromatic heterocycles. The summed E-state index contributed by atoms with van der Waals surface area (Å²) >= 11 is 0. The molecule has 0 aliphatic carbocycles. The molecule has 0 saturated heterocycles. The molecule has 0 amide bonds. The smallest absolute Gasteiger partial charge is 0.222 e. The summed E-state index contributed by atoms with van der Waals surface area (Å²) in [7, 11) is 0. The molecule has 0 atom stereocenters. The summed E-state index contributed by atoms with van der Waals surface area (Å²) < 4.78 is 18.9. The lowest BCUT2D eigenvalue weighted by Crippen LogP contribution is -2.28. The Hall–Kier alpha value is -2.46. The first kappa shape index (κ1) is 16.0. The fraction of sp³-hybridized carbons (Fsp3) is 0.286. The highest BCUT2D eigenvalue weighted by molar-refractivity contribution is 5.76. The van der Waals surface area contributed by atoms with Gasteiger partial charge in [-0.15, -0.1) is 0 Å². The molecular formula is C21H21FN2O. The van der Waals surface area contributed by atoms with Crippen LogP contribution < -0.4 is 0 Å². The minimum Gasteiger partial charge on any atom is -0.436 e. The Morgan fingerprint density at radius 3 is 2.64 bits per heavy atom. The van der Waals surface area contributed by atoms with Gasteiger partial charge in [0.25, 0.3) is 0 Å². The molecule has 0 spiro atoms. The number of nitrogens with zero attached hydrogens (tertiary/aromatic N) is 2. The van der Waals surface area contributed by atoms with E-state index in [4.69, 9.17) is 4.42 Å². The third kappa shape index (κ3) is 3.49. The largest absolute Gasteiger partial charge is 0.436 e. The third-order valence-electron chi connectivity index (χ3n) is 4.75. The van der Waals surface area contributed by atoms with Gasteiger partial charge >= 0.3 is 0 Å². The van der Waals surface area contributed by atoms with Gasteiger partial charge in [-0.2, -0.15) is 0 Å². The maximum atomic E-state index is 13.0. The standard InChI is InChI=1S/C21H21FN2O/c1-2-15-5-8-20-19(13-15)23-21(25-20)17-9-11-24(12-10-17)14-16-3-6-18(22)7-4-16/h3-9,13H,2,10-12,14H2,1H3. The summed E-state index contributed by atoms with van der Waals surface area (Å²) in [5.74, 6) is 0.552. The van der Waals surface area contributed by atoms with Gasteiger partial charge < -0.3 is 4.42 Å². The second-order valence-electron chi connectivity index (χ2n) is 6.52. The second kappa shape index (κ2) is 6.81. The van der Waals surface area contributed by atoms with E-state index in [9.17, 15) is 4.39 Å². The Morgan fingerprint density at radius 2 is 1.92 bits per heavy atom. The van der Waals surface area contributed by atoms with Gasteiger partial charge in [0, 0.05) is 25.2 Å². The van der Waals surface area contributed by atoms with Crippen molar-refractivity contribution in [3.63, 3.8) is 0 Å². The molecule has 0 saturated carbocycles. The summed E-state index contributed by atoms with van der Waals surface area (Å²) in [5, 5.41) is 0. The van der Waals surface area contributed by atoms with Crippen LogP contribution in [0, 0.1) is 5.82 Å². The molecule has 4 heteroatoms. The van der Waals surface area contributed by atoms with Crippen molar-refractivity contribution in [3.05, 3.63) is 71.4 Å². The van der Waals surface area contributed by atoms with Crippen LogP contribution in [0.25, 0.3) is 16.7 Å². The molecule has 3 nitrogen and oxygen atoms in total. The van der Waals surface area contributed by atoms with Gasteiger partial charge in [-0.25, -0.2) is 9.37 Å². The molecule has 3 aromatic rings. The summed E-state index contributed by atoms with van der Waals surface area (Å²) in [4.78, 5) is 7.01. The number of fused-ring (bicyclic) bond motifs is 1. The lowest BCUT2D eigenvalue weighted by Gasteiger charge is -2.25. The summed E-state index contributed by atoms with van der Waals surface area (Å²) in [6.07, 6.45) is 4.10. The lowest BCUT2D eigenvalue weighted by molar-refractivity contribution is 0.292. The van der Waals surface area contributed by atoms with Crippen molar-refractivity contribution >= 4 is 16.7 Å². The zero-order chi connectivity index (χ0) is 17.2. The van der Waals surface area contributed by atoms with Crippen LogP contribution in [0.3, 0.4) is 0 Å². The average molecular weight is 336 g/mol. The van der Waals surface area contributed by atoms with Gasteiger partial charge in [0.2, 0.25) is 5.89 Å². The lowest BCUT2D eigenvalue weighted by atomic mass is 10.1. The number of aryl methyl sites for hydroxylation is 1. The highest BCUT2D eigenvalue weighted by Gasteiger charge is 2.17. The molecule has 1 aliphatic rings. The van der Waals surface area contributed by atoms with Crippen LogP contribution in [0.4, 0.5) is 4.39 Å². The van der Waals surface area contributed by atoms with Gasteiger partial charge in [-0.1, -0.05) is 31.2 Å². The van der Waals surface area contributed by atoms with E-state index < -0.39 is 0 Å². The molecule has 4 rings (SSSR count). The summed E-state index contributed by atoms with van der Waals surface area (Å²) in [6, 6.07) is 12.9. The van der Waals surface area contributed by atoms with Gasteiger partial charge in [-0.3, -0.25) is 4.90 Å². The molecule has 25 heavy (non-hydrogen) atoms. The zero-order valence-corrected chi connectivity index (χ0v) is 14.3. The Balaban J connectivity index is 1.47. The van der Waals surface area contributed by atoms with Gasteiger partial charge in [0.15, 0.2) is 5.58 Å². The predicted molar refractivity (Wildman–Crippen MR) is 97.7 cm³/mol. The van der Waals surface area contributed by atoms with Crippen molar-refractivity contribution in [2.75, 3.05) is 13.1 Å². The van der Waals surface area contributed by atoms with E-state index in [1.807, 2.05) is 18.2 Å². The Labute approximate surface area is 146 Å².